The molecular weight excluding hydrogens is 290 g/mol. The Morgan fingerprint density at radius 2 is 1.90 bits per heavy atom. The van der Waals surface area contributed by atoms with Gasteiger partial charge in [0.2, 0.25) is 0 Å². The van der Waals surface area contributed by atoms with Crippen molar-refractivity contribution in [2.75, 3.05) is 12.4 Å². The number of carbonyl (C=O) groups is 1. The van der Waals surface area contributed by atoms with Crippen LogP contribution in [0.2, 0.25) is 5.02 Å². The molecule has 114 valence electrons. The molecule has 1 N–H and O–H groups in total. The van der Waals surface area contributed by atoms with E-state index in [1.54, 1.807) is 0 Å². The van der Waals surface area contributed by atoms with Crippen molar-refractivity contribution in [2.24, 2.45) is 0 Å². The van der Waals surface area contributed by atoms with Crippen molar-refractivity contribution in [1.82, 2.24) is 9.97 Å². The van der Waals surface area contributed by atoms with Crippen LogP contribution in [-0.2, 0) is 4.74 Å². The quantitative estimate of drug-likeness (QED) is 0.862. The third-order valence-corrected chi connectivity index (χ3v) is 4.49. The lowest BCUT2D eigenvalue weighted by Gasteiger charge is -2.24. The molecule has 0 unspecified atom stereocenters. The summed E-state index contributed by atoms with van der Waals surface area (Å²) in [4.78, 5) is 20.7. The van der Waals surface area contributed by atoms with Crippen molar-refractivity contribution in [3.05, 3.63) is 16.5 Å². The fourth-order valence-electron chi connectivity index (χ4n) is 2.76. The number of hydrogen-bond donors (Lipinski definition) is 1. The Balaban J connectivity index is 1.89. The van der Waals surface area contributed by atoms with Crippen molar-refractivity contribution < 1.29 is 9.53 Å². The van der Waals surface area contributed by atoms with Gasteiger partial charge in [-0.2, -0.15) is 0 Å². The molecule has 2 fully saturated rings. The molecule has 3 rings (SSSR count). The zero-order valence-corrected chi connectivity index (χ0v) is 12.9. The first-order valence-corrected chi connectivity index (χ1v) is 7.99. The SMILES string of the molecule is COC(=O)c1nc(C2CC2)nc(NC2CCCCC2)c1Cl. The van der Waals surface area contributed by atoms with E-state index in [-0.39, 0.29) is 10.7 Å². The minimum Gasteiger partial charge on any atom is -0.464 e. The van der Waals surface area contributed by atoms with Crippen LogP contribution in [0.3, 0.4) is 0 Å². The lowest BCUT2D eigenvalue weighted by Crippen LogP contribution is -2.24. The van der Waals surface area contributed by atoms with E-state index in [1.807, 2.05) is 0 Å². The predicted molar refractivity (Wildman–Crippen MR) is 80.9 cm³/mol. The zero-order valence-electron chi connectivity index (χ0n) is 12.2. The van der Waals surface area contributed by atoms with Gasteiger partial charge in [0.15, 0.2) is 5.69 Å². The monoisotopic (exact) mass is 309 g/mol. The second kappa shape index (κ2) is 6.18. The minimum absolute atomic E-state index is 0.175. The van der Waals surface area contributed by atoms with Crippen LogP contribution in [0.25, 0.3) is 0 Å². The molecule has 0 aliphatic heterocycles. The van der Waals surface area contributed by atoms with Crippen molar-refractivity contribution in [2.45, 2.75) is 56.9 Å². The van der Waals surface area contributed by atoms with Crippen molar-refractivity contribution >= 4 is 23.4 Å². The van der Waals surface area contributed by atoms with Gasteiger partial charge in [-0.3, -0.25) is 0 Å². The van der Waals surface area contributed by atoms with E-state index >= 15 is 0 Å². The van der Waals surface area contributed by atoms with Gasteiger partial charge in [-0.25, -0.2) is 14.8 Å². The number of nitrogens with one attached hydrogen (secondary N) is 1. The molecule has 0 saturated heterocycles. The van der Waals surface area contributed by atoms with Crippen LogP contribution in [0.4, 0.5) is 5.82 Å². The van der Waals surface area contributed by atoms with Crippen molar-refractivity contribution in [1.29, 1.82) is 0 Å². The van der Waals surface area contributed by atoms with Gasteiger partial charge in [-0.1, -0.05) is 30.9 Å². The minimum atomic E-state index is -0.504. The number of anilines is 1. The molecule has 2 aliphatic carbocycles. The summed E-state index contributed by atoms with van der Waals surface area (Å²) in [6.45, 7) is 0. The van der Waals surface area contributed by atoms with E-state index in [0.717, 1.165) is 25.7 Å². The van der Waals surface area contributed by atoms with E-state index in [1.165, 1.54) is 26.4 Å². The number of hydrogen-bond acceptors (Lipinski definition) is 5. The Morgan fingerprint density at radius 3 is 2.52 bits per heavy atom. The number of carbonyl (C=O) groups excluding carboxylic acids is 1. The van der Waals surface area contributed by atoms with Crippen LogP contribution in [0, 0.1) is 0 Å². The highest BCUT2D eigenvalue weighted by Crippen LogP contribution is 2.40. The fraction of sp³-hybridized carbons (Fsp3) is 0.667. The number of esters is 1. The van der Waals surface area contributed by atoms with Crippen LogP contribution < -0.4 is 5.32 Å². The topological polar surface area (TPSA) is 64.1 Å². The maximum atomic E-state index is 11.8. The van der Waals surface area contributed by atoms with Crippen molar-refractivity contribution in [3.8, 4) is 0 Å². The molecule has 2 aliphatic rings. The highest BCUT2D eigenvalue weighted by atomic mass is 35.5. The van der Waals surface area contributed by atoms with Gasteiger partial charge in [0.25, 0.3) is 0 Å². The van der Waals surface area contributed by atoms with E-state index in [9.17, 15) is 4.79 Å². The molecule has 0 radical (unpaired) electrons. The molecular formula is C15H20ClN3O2. The average molecular weight is 310 g/mol. The van der Waals surface area contributed by atoms with Gasteiger partial charge >= 0.3 is 5.97 Å². The number of rotatable bonds is 4. The Bertz CT molecular complexity index is 540. The number of aromatic nitrogens is 2. The van der Waals surface area contributed by atoms with Gasteiger partial charge in [-0.05, 0) is 25.7 Å². The van der Waals surface area contributed by atoms with Gasteiger partial charge in [-0.15, -0.1) is 0 Å². The van der Waals surface area contributed by atoms with E-state index in [4.69, 9.17) is 16.3 Å². The summed E-state index contributed by atoms with van der Waals surface area (Å²) in [5.74, 6) is 1.15. The van der Waals surface area contributed by atoms with Crippen LogP contribution in [-0.4, -0.2) is 29.1 Å². The Morgan fingerprint density at radius 1 is 1.19 bits per heavy atom. The number of methoxy groups -OCH3 is 1. The number of halogens is 1. The highest BCUT2D eigenvalue weighted by Gasteiger charge is 2.30. The van der Waals surface area contributed by atoms with Gasteiger partial charge in [0.05, 0.1) is 7.11 Å². The molecule has 0 amide bonds. The first kappa shape index (κ1) is 14.6. The zero-order chi connectivity index (χ0) is 14.8. The highest BCUT2D eigenvalue weighted by molar-refractivity contribution is 6.35. The fourth-order valence-corrected chi connectivity index (χ4v) is 2.97. The van der Waals surface area contributed by atoms with Crippen LogP contribution >= 0.6 is 11.6 Å². The van der Waals surface area contributed by atoms with Crippen LogP contribution in [0.5, 0.6) is 0 Å². The van der Waals surface area contributed by atoms with Gasteiger partial charge in [0.1, 0.15) is 16.7 Å². The molecule has 5 nitrogen and oxygen atoms in total. The Kier molecular flexibility index (Phi) is 4.29. The molecule has 0 spiro atoms. The molecule has 2 saturated carbocycles. The van der Waals surface area contributed by atoms with Crippen molar-refractivity contribution in [3.63, 3.8) is 0 Å². The van der Waals surface area contributed by atoms with E-state index < -0.39 is 5.97 Å². The molecule has 21 heavy (non-hydrogen) atoms. The maximum Gasteiger partial charge on any atom is 0.358 e. The third-order valence-electron chi connectivity index (χ3n) is 4.14. The van der Waals surface area contributed by atoms with E-state index in [0.29, 0.717) is 23.6 Å². The van der Waals surface area contributed by atoms with E-state index in [2.05, 4.69) is 15.3 Å². The number of ether oxygens (including phenoxy) is 1. The molecule has 1 heterocycles. The Hall–Kier alpha value is -1.36. The molecule has 0 bridgehead atoms. The summed E-state index contributed by atoms with van der Waals surface area (Å²) in [6, 6.07) is 0.378. The summed E-state index contributed by atoms with van der Waals surface area (Å²) in [5.41, 5.74) is 0.175. The normalized spacial score (nSPS) is 19.3. The Labute approximate surface area is 129 Å². The largest absolute Gasteiger partial charge is 0.464 e. The van der Waals surface area contributed by atoms with Crippen LogP contribution in [0.15, 0.2) is 0 Å². The summed E-state index contributed by atoms with van der Waals surface area (Å²) in [7, 11) is 1.34. The summed E-state index contributed by atoms with van der Waals surface area (Å²) < 4.78 is 4.78. The first-order valence-electron chi connectivity index (χ1n) is 7.61. The smallest absolute Gasteiger partial charge is 0.358 e. The molecule has 1 aromatic rings. The second-order valence-corrected chi connectivity index (χ2v) is 6.22. The summed E-state index contributed by atoms with van der Waals surface area (Å²) in [6.07, 6.45) is 8.12. The predicted octanol–water partition coefficient (Wildman–Crippen LogP) is 3.54. The second-order valence-electron chi connectivity index (χ2n) is 5.84. The average Bonchev–Trinajstić information content (AvgIpc) is 3.34. The maximum absolute atomic E-state index is 11.8. The van der Waals surface area contributed by atoms with Gasteiger partial charge in [0, 0.05) is 12.0 Å². The molecule has 0 atom stereocenters. The third kappa shape index (κ3) is 3.28. The first-order chi connectivity index (χ1) is 10.2. The molecule has 6 heteroatoms. The summed E-state index contributed by atoms with van der Waals surface area (Å²) in [5, 5.41) is 3.68. The lowest BCUT2D eigenvalue weighted by molar-refractivity contribution is 0.0593. The molecule has 1 aromatic heterocycles. The molecule has 0 aromatic carbocycles. The standard InChI is InChI=1S/C15H20ClN3O2/c1-21-15(20)12-11(16)14(17-10-5-3-2-4-6-10)19-13(18-12)9-7-8-9/h9-10H,2-8H2,1H3,(H,17,18,19). The summed E-state index contributed by atoms with van der Waals surface area (Å²) >= 11 is 6.31. The number of nitrogens with zero attached hydrogens (tertiary/aromatic N) is 2. The lowest BCUT2D eigenvalue weighted by atomic mass is 9.95. The van der Waals surface area contributed by atoms with Gasteiger partial charge < -0.3 is 10.1 Å². The van der Waals surface area contributed by atoms with Crippen LogP contribution in [0.1, 0.15) is 67.2 Å².